The molecule has 1 aliphatic heterocycles. The van der Waals surface area contributed by atoms with Crippen molar-refractivity contribution < 1.29 is 33.2 Å². The highest BCUT2D eigenvalue weighted by atomic mass is 16.7. The zero-order chi connectivity index (χ0) is 30.2. The van der Waals surface area contributed by atoms with Gasteiger partial charge in [0.1, 0.15) is 23.1 Å². The van der Waals surface area contributed by atoms with Crippen LogP contribution in [0.3, 0.4) is 0 Å². The number of imidazole rings is 1. The second-order valence-corrected chi connectivity index (χ2v) is 9.61. The van der Waals surface area contributed by atoms with E-state index in [0.29, 0.717) is 57.1 Å². The van der Waals surface area contributed by atoms with Crippen molar-refractivity contribution in [3.63, 3.8) is 0 Å². The third-order valence-corrected chi connectivity index (χ3v) is 6.75. The highest BCUT2D eigenvalue weighted by molar-refractivity contribution is 5.95. The van der Waals surface area contributed by atoms with Gasteiger partial charge in [0.05, 0.1) is 32.2 Å². The molecule has 1 aliphatic rings. The van der Waals surface area contributed by atoms with Crippen molar-refractivity contribution in [2.24, 2.45) is 0 Å². The molecule has 0 spiro atoms. The average Bonchev–Trinajstić information content (AvgIpc) is 3.79. The van der Waals surface area contributed by atoms with Crippen LogP contribution in [-0.4, -0.2) is 64.2 Å². The van der Waals surface area contributed by atoms with Gasteiger partial charge < -0.3 is 33.4 Å². The number of aromatic nitrogens is 6. The van der Waals surface area contributed by atoms with Crippen molar-refractivity contribution in [2.45, 2.75) is 46.1 Å². The van der Waals surface area contributed by atoms with E-state index in [4.69, 9.17) is 33.4 Å². The minimum absolute atomic E-state index is 0.0763. The first kappa shape index (κ1) is 29.4. The van der Waals surface area contributed by atoms with Crippen LogP contribution >= 0.6 is 0 Å². The monoisotopic (exact) mass is 590 g/mol. The molecule has 0 unspecified atom stereocenters. The smallest absolute Gasteiger partial charge is 0.334 e. The maximum Gasteiger partial charge on any atom is 0.334 e. The van der Waals surface area contributed by atoms with E-state index in [1.54, 1.807) is 39.4 Å². The van der Waals surface area contributed by atoms with Crippen LogP contribution in [0.1, 0.15) is 49.6 Å². The quantitative estimate of drug-likeness (QED) is 0.158. The Balaban J connectivity index is 1.59. The Morgan fingerprint density at radius 3 is 2.63 bits per heavy atom. The first-order chi connectivity index (χ1) is 21.0. The normalized spacial score (nSPS) is 12.3. The summed E-state index contributed by atoms with van der Waals surface area (Å²) in [5.74, 6) is 3.57. The fourth-order valence-electron chi connectivity index (χ4n) is 4.62. The molecule has 0 atom stereocenters. The van der Waals surface area contributed by atoms with Gasteiger partial charge in [0.15, 0.2) is 18.1 Å². The molecule has 0 radical (unpaired) electrons. The molecule has 0 saturated heterocycles. The summed E-state index contributed by atoms with van der Waals surface area (Å²) in [5.41, 5.74) is 3.07. The summed E-state index contributed by atoms with van der Waals surface area (Å²) in [7, 11) is 3.15. The number of benzene rings is 2. The maximum atomic E-state index is 13.3. The number of carbonyl (C=O) groups excluding carboxylic acids is 1. The zero-order valence-electron chi connectivity index (χ0n) is 24.6. The highest BCUT2D eigenvalue weighted by Crippen LogP contribution is 2.40. The summed E-state index contributed by atoms with van der Waals surface area (Å²) in [4.78, 5) is 21.7. The Hall–Kier alpha value is -5.07. The van der Waals surface area contributed by atoms with E-state index >= 15 is 0 Å². The van der Waals surface area contributed by atoms with E-state index in [1.165, 1.54) is 0 Å². The topological polar surface area (TPSA) is 156 Å². The lowest BCUT2D eigenvalue weighted by Gasteiger charge is -2.13. The number of aryl methyl sites for hydroxylation is 1. The number of methoxy groups -OCH3 is 2. The van der Waals surface area contributed by atoms with Crippen LogP contribution in [0, 0.1) is 0 Å². The summed E-state index contributed by atoms with van der Waals surface area (Å²) < 4.78 is 33.7. The number of H-pyrrole nitrogens is 2. The molecule has 0 amide bonds. The lowest BCUT2D eigenvalue weighted by molar-refractivity contribution is -0.138. The fraction of sp³-hybridized carbons (Fsp3) is 0.367. The van der Waals surface area contributed by atoms with Crippen molar-refractivity contribution >= 4 is 12.0 Å². The summed E-state index contributed by atoms with van der Waals surface area (Å²) in [6.45, 7) is 4.31. The number of tetrazole rings is 1. The molecule has 0 bridgehead atoms. The molecule has 0 aliphatic carbocycles. The van der Waals surface area contributed by atoms with Gasteiger partial charge in [-0.05, 0) is 37.6 Å². The number of aromatic amines is 2. The van der Waals surface area contributed by atoms with Crippen LogP contribution in [0.4, 0.5) is 0 Å². The average molecular weight is 591 g/mol. The molecule has 5 rings (SSSR count). The number of fused-ring (bicyclic) bond motifs is 1. The molecule has 0 saturated carbocycles. The van der Waals surface area contributed by atoms with Crippen LogP contribution in [0.25, 0.3) is 17.3 Å². The third-order valence-electron chi connectivity index (χ3n) is 6.75. The molecule has 2 N–H and O–H groups in total. The van der Waals surface area contributed by atoms with Gasteiger partial charge in [0.2, 0.25) is 12.6 Å². The van der Waals surface area contributed by atoms with E-state index in [9.17, 15) is 4.79 Å². The van der Waals surface area contributed by atoms with Crippen LogP contribution < -0.4 is 23.7 Å². The number of hydrogen-bond donors (Lipinski definition) is 2. The Kier molecular flexibility index (Phi) is 9.39. The predicted octanol–water partition coefficient (Wildman–Crippen LogP) is 4.45. The maximum absolute atomic E-state index is 13.3. The van der Waals surface area contributed by atoms with Crippen molar-refractivity contribution in [1.29, 1.82) is 0 Å². The standard InChI is InChI=1S/C30H34N6O7/c1-5-7-8-27-31-22(29(32-27)21-10-9-20(38-3)14-24(21)41-16-28-33-35-36-34-28)12-19(30(37)40-6-2)11-18-13-25-26(43-17-42-25)15-23(18)39-4/h9-10,12-15H,5-8,11,16-17H2,1-4H3,(H,31,32)(H,33,34,35,36)/b19-12+. The number of nitrogens with zero attached hydrogens (tertiary/aromatic N) is 4. The first-order valence-electron chi connectivity index (χ1n) is 14.0. The van der Waals surface area contributed by atoms with E-state index < -0.39 is 5.97 Å². The second kappa shape index (κ2) is 13.7. The van der Waals surface area contributed by atoms with Crippen molar-refractivity contribution in [3.05, 3.63) is 58.8 Å². The minimum Gasteiger partial charge on any atom is -0.497 e. The molecular formula is C30H34N6O7. The summed E-state index contributed by atoms with van der Waals surface area (Å²) in [6.07, 6.45) is 4.66. The van der Waals surface area contributed by atoms with Gasteiger partial charge in [-0.15, -0.1) is 10.2 Å². The van der Waals surface area contributed by atoms with Crippen LogP contribution in [-0.2, 0) is 29.0 Å². The van der Waals surface area contributed by atoms with E-state index in [0.717, 1.165) is 30.7 Å². The number of esters is 1. The molecule has 43 heavy (non-hydrogen) atoms. The SMILES string of the molecule is CCCCc1nc(-c2ccc(OC)cc2OCc2nn[nH]n2)c(/C=C(\Cc2cc3c(cc2OC)OCO3)C(=O)OCC)[nH]1. The highest BCUT2D eigenvalue weighted by Gasteiger charge is 2.23. The molecule has 0 fully saturated rings. The molecule has 3 heterocycles. The van der Waals surface area contributed by atoms with E-state index in [2.05, 4.69) is 32.5 Å². The number of ether oxygens (including phenoxy) is 6. The molecule has 2 aromatic heterocycles. The predicted molar refractivity (Wildman–Crippen MR) is 155 cm³/mol. The summed E-state index contributed by atoms with van der Waals surface area (Å²) in [5, 5.41) is 14.0. The molecule has 2 aromatic carbocycles. The zero-order valence-corrected chi connectivity index (χ0v) is 24.6. The molecular weight excluding hydrogens is 556 g/mol. The largest absolute Gasteiger partial charge is 0.497 e. The molecule has 13 nitrogen and oxygen atoms in total. The summed E-state index contributed by atoms with van der Waals surface area (Å²) in [6, 6.07) is 9.05. The number of nitrogens with one attached hydrogen (secondary N) is 2. The molecule has 4 aromatic rings. The Bertz CT molecular complexity index is 1580. The first-order valence-corrected chi connectivity index (χ1v) is 14.0. The van der Waals surface area contributed by atoms with E-state index in [1.807, 2.05) is 18.2 Å². The van der Waals surface area contributed by atoms with Crippen LogP contribution in [0.2, 0.25) is 0 Å². The number of hydrogen-bond acceptors (Lipinski definition) is 11. The fourth-order valence-corrected chi connectivity index (χ4v) is 4.62. The van der Waals surface area contributed by atoms with Crippen molar-refractivity contribution in [1.82, 2.24) is 30.6 Å². The Morgan fingerprint density at radius 1 is 1.07 bits per heavy atom. The summed E-state index contributed by atoms with van der Waals surface area (Å²) >= 11 is 0. The van der Waals surface area contributed by atoms with Crippen molar-refractivity contribution in [2.75, 3.05) is 27.6 Å². The third kappa shape index (κ3) is 6.88. The molecule has 13 heteroatoms. The van der Waals surface area contributed by atoms with Gasteiger partial charge in [0, 0.05) is 41.7 Å². The lowest BCUT2D eigenvalue weighted by atomic mass is 10.0. The lowest BCUT2D eigenvalue weighted by Crippen LogP contribution is -2.10. The molecule has 226 valence electrons. The van der Waals surface area contributed by atoms with Gasteiger partial charge in [-0.25, -0.2) is 9.78 Å². The Morgan fingerprint density at radius 2 is 1.91 bits per heavy atom. The van der Waals surface area contributed by atoms with Gasteiger partial charge in [-0.1, -0.05) is 18.6 Å². The van der Waals surface area contributed by atoms with Crippen molar-refractivity contribution in [3.8, 4) is 40.0 Å². The number of unbranched alkanes of at least 4 members (excludes halogenated alkanes) is 1. The van der Waals surface area contributed by atoms with Gasteiger partial charge >= 0.3 is 5.97 Å². The van der Waals surface area contributed by atoms with Gasteiger partial charge in [-0.2, -0.15) is 5.21 Å². The second-order valence-electron chi connectivity index (χ2n) is 9.61. The van der Waals surface area contributed by atoms with E-state index in [-0.39, 0.29) is 26.4 Å². The number of rotatable bonds is 14. The Labute approximate surface area is 248 Å². The number of carbonyl (C=O) groups is 1. The minimum atomic E-state index is -0.457. The van der Waals surface area contributed by atoms with Gasteiger partial charge in [-0.3, -0.25) is 0 Å². The van der Waals surface area contributed by atoms with Crippen LogP contribution in [0.15, 0.2) is 35.9 Å². The van der Waals surface area contributed by atoms with Gasteiger partial charge in [0.25, 0.3) is 0 Å². The van der Waals surface area contributed by atoms with Crippen LogP contribution in [0.5, 0.6) is 28.7 Å².